The second kappa shape index (κ2) is 8.89. The van der Waals surface area contributed by atoms with Crippen LogP contribution in [-0.4, -0.2) is 63.4 Å². The number of carbonyl (C=O) groups is 1. The number of alkyl halides is 5. The summed E-state index contributed by atoms with van der Waals surface area (Å²) in [7, 11) is -5.12. The predicted octanol–water partition coefficient (Wildman–Crippen LogP) is 3.32. The molecule has 1 aromatic carbocycles. The lowest BCUT2D eigenvalue weighted by molar-refractivity contribution is -0.137. The Morgan fingerprint density at radius 3 is 2.41 bits per heavy atom. The first-order chi connectivity index (χ1) is 15.9. The molecule has 1 aromatic heterocycles. The van der Waals surface area contributed by atoms with Gasteiger partial charge in [-0.25, -0.2) is 31.5 Å². The van der Waals surface area contributed by atoms with E-state index in [1.807, 2.05) is 0 Å². The molecule has 0 radical (unpaired) electrons. The summed E-state index contributed by atoms with van der Waals surface area (Å²) >= 11 is 6.08. The molecule has 2 aromatic rings. The minimum atomic E-state index is -5.12. The van der Waals surface area contributed by atoms with E-state index in [-0.39, 0.29) is 35.6 Å². The van der Waals surface area contributed by atoms with Gasteiger partial charge in [0.25, 0.3) is 16.4 Å². The van der Waals surface area contributed by atoms with Gasteiger partial charge >= 0.3 is 6.18 Å². The summed E-state index contributed by atoms with van der Waals surface area (Å²) < 4.78 is 102. The Kier molecular flexibility index (Phi) is 6.42. The van der Waals surface area contributed by atoms with Gasteiger partial charge in [0, 0.05) is 30.5 Å². The molecule has 1 fully saturated rings. The van der Waals surface area contributed by atoms with Crippen LogP contribution in [0.5, 0.6) is 0 Å². The third-order valence-electron chi connectivity index (χ3n) is 5.33. The standard InChI is InChI=1S/C19H16ClF5N4O4S/c20-10-7-11(14(19(23,24)25)12(8-10)28-3-5-33-6-4-28)17-16(30)15-18(27-2-1-26-15)29(9-13(21)22)34(17,31)32/h1-2,7-8,13,17H,3-6,9H2. The Balaban J connectivity index is 1.99. The Bertz CT molecular complexity index is 1220. The molecule has 15 heteroatoms. The van der Waals surface area contributed by atoms with Gasteiger partial charge in [0.1, 0.15) is 0 Å². The number of benzene rings is 1. The molecule has 0 N–H and O–H groups in total. The van der Waals surface area contributed by atoms with Crippen molar-refractivity contribution < 1.29 is 39.9 Å². The van der Waals surface area contributed by atoms with Crippen LogP contribution in [0.2, 0.25) is 5.02 Å². The fourth-order valence-corrected chi connectivity index (χ4v) is 6.05. The molecule has 34 heavy (non-hydrogen) atoms. The van der Waals surface area contributed by atoms with Crippen molar-refractivity contribution in [3.63, 3.8) is 0 Å². The van der Waals surface area contributed by atoms with Crippen LogP contribution >= 0.6 is 11.6 Å². The molecule has 0 bridgehead atoms. The van der Waals surface area contributed by atoms with Crippen molar-refractivity contribution in [1.82, 2.24) is 9.97 Å². The highest BCUT2D eigenvalue weighted by atomic mass is 35.5. The fraction of sp³-hybridized carbons (Fsp3) is 0.421. The fourth-order valence-electron chi connectivity index (χ4n) is 3.99. The number of halogens is 6. The number of nitrogens with zero attached hydrogens (tertiary/aromatic N) is 4. The van der Waals surface area contributed by atoms with Crippen LogP contribution in [0.1, 0.15) is 26.9 Å². The molecule has 0 aliphatic carbocycles. The highest BCUT2D eigenvalue weighted by Gasteiger charge is 2.52. The van der Waals surface area contributed by atoms with E-state index < -0.39 is 68.5 Å². The number of Topliss-reactive ketones (excluding diaryl/α,β-unsaturated/α-hetero) is 1. The summed E-state index contributed by atoms with van der Waals surface area (Å²) in [6.07, 6.45) is -6.32. The molecule has 1 atom stereocenters. The molecule has 1 saturated heterocycles. The first kappa shape index (κ1) is 24.5. The summed E-state index contributed by atoms with van der Waals surface area (Å²) in [5, 5.41) is -2.77. The third-order valence-corrected chi connectivity index (χ3v) is 7.54. The number of hydrogen-bond acceptors (Lipinski definition) is 7. The van der Waals surface area contributed by atoms with Crippen LogP contribution in [0.25, 0.3) is 0 Å². The molecule has 1 unspecified atom stereocenters. The van der Waals surface area contributed by atoms with Crippen LogP contribution in [0, 0.1) is 0 Å². The lowest BCUT2D eigenvalue weighted by Crippen LogP contribution is -2.46. The summed E-state index contributed by atoms with van der Waals surface area (Å²) in [4.78, 5) is 21.9. The van der Waals surface area contributed by atoms with E-state index in [9.17, 15) is 35.2 Å². The maximum absolute atomic E-state index is 14.4. The van der Waals surface area contributed by atoms with E-state index in [2.05, 4.69) is 9.97 Å². The van der Waals surface area contributed by atoms with Crippen molar-refractivity contribution in [2.75, 3.05) is 42.1 Å². The number of ether oxygens (including phenoxy) is 1. The lowest BCUT2D eigenvalue weighted by Gasteiger charge is -2.36. The van der Waals surface area contributed by atoms with Gasteiger partial charge in [0.2, 0.25) is 5.78 Å². The van der Waals surface area contributed by atoms with E-state index in [1.165, 1.54) is 4.90 Å². The van der Waals surface area contributed by atoms with E-state index in [0.717, 1.165) is 24.5 Å². The second-order valence-corrected chi connectivity index (χ2v) is 9.80. The maximum Gasteiger partial charge on any atom is 0.418 e. The quantitative estimate of drug-likeness (QED) is 0.564. The number of morpholine rings is 1. The first-order valence-corrected chi connectivity index (χ1v) is 11.7. The Morgan fingerprint density at radius 2 is 1.79 bits per heavy atom. The van der Waals surface area contributed by atoms with Crippen molar-refractivity contribution in [3.05, 3.63) is 46.4 Å². The number of sulfonamides is 1. The van der Waals surface area contributed by atoms with Crippen molar-refractivity contribution in [3.8, 4) is 0 Å². The van der Waals surface area contributed by atoms with Crippen molar-refractivity contribution in [2.45, 2.75) is 17.9 Å². The Morgan fingerprint density at radius 1 is 1.15 bits per heavy atom. The van der Waals surface area contributed by atoms with Crippen molar-refractivity contribution in [1.29, 1.82) is 0 Å². The van der Waals surface area contributed by atoms with Gasteiger partial charge < -0.3 is 9.64 Å². The third kappa shape index (κ3) is 4.29. The van der Waals surface area contributed by atoms with Crippen LogP contribution < -0.4 is 9.21 Å². The number of ketones is 1. The highest BCUT2D eigenvalue weighted by molar-refractivity contribution is 7.94. The van der Waals surface area contributed by atoms with Crippen LogP contribution in [-0.2, 0) is 20.9 Å². The van der Waals surface area contributed by atoms with Gasteiger partial charge in [-0.3, -0.25) is 4.79 Å². The molecule has 8 nitrogen and oxygen atoms in total. The molecule has 4 rings (SSSR count). The Labute approximate surface area is 195 Å². The predicted molar refractivity (Wildman–Crippen MR) is 111 cm³/mol. The van der Waals surface area contributed by atoms with Crippen LogP contribution in [0.15, 0.2) is 24.5 Å². The minimum Gasteiger partial charge on any atom is -0.378 e. The Hall–Kier alpha value is -2.58. The van der Waals surface area contributed by atoms with Gasteiger partial charge in [0.15, 0.2) is 16.8 Å². The monoisotopic (exact) mass is 526 g/mol. The number of anilines is 2. The van der Waals surface area contributed by atoms with Crippen LogP contribution in [0.4, 0.5) is 33.5 Å². The normalized spacial score (nSPS) is 20.6. The first-order valence-electron chi connectivity index (χ1n) is 9.81. The average Bonchev–Trinajstić information content (AvgIpc) is 2.76. The second-order valence-electron chi connectivity index (χ2n) is 7.43. The van der Waals surface area contributed by atoms with Crippen molar-refractivity contribution >= 4 is 38.9 Å². The molecule has 3 heterocycles. The number of rotatable bonds is 4. The number of carbonyl (C=O) groups excluding carboxylic acids is 1. The number of aromatic nitrogens is 2. The minimum absolute atomic E-state index is 0.0556. The highest BCUT2D eigenvalue weighted by Crippen LogP contribution is 2.48. The summed E-state index contributed by atoms with van der Waals surface area (Å²) in [6, 6.07) is 1.74. The lowest BCUT2D eigenvalue weighted by atomic mass is 9.97. The zero-order valence-electron chi connectivity index (χ0n) is 17.1. The van der Waals surface area contributed by atoms with Gasteiger partial charge in [-0.15, -0.1) is 0 Å². The molecule has 184 valence electrons. The molecule has 0 amide bonds. The van der Waals surface area contributed by atoms with E-state index >= 15 is 0 Å². The number of hydrogen-bond donors (Lipinski definition) is 0. The molecular weight excluding hydrogens is 511 g/mol. The summed E-state index contributed by atoms with van der Waals surface area (Å²) in [6.45, 7) is -1.08. The molecular formula is C19H16ClF5N4O4S. The van der Waals surface area contributed by atoms with Gasteiger partial charge in [-0.1, -0.05) is 11.6 Å². The molecule has 0 saturated carbocycles. The zero-order chi connectivity index (χ0) is 24.8. The topological polar surface area (TPSA) is 92.7 Å². The average molecular weight is 527 g/mol. The number of fused-ring (bicyclic) bond motifs is 1. The van der Waals surface area contributed by atoms with Gasteiger partial charge in [0.05, 0.1) is 31.0 Å². The zero-order valence-corrected chi connectivity index (χ0v) is 18.7. The van der Waals surface area contributed by atoms with Gasteiger partial charge in [-0.05, 0) is 17.7 Å². The molecule has 0 spiro atoms. The van der Waals surface area contributed by atoms with Crippen LogP contribution in [0.3, 0.4) is 0 Å². The van der Waals surface area contributed by atoms with Crippen molar-refractivity contribution in [2.24, 2.45) is 0 Å². The maximum atomic E-state index is 14.4. The van der Waals surface area contributed by atoms with Gasteiger partial charge in [-0.2, -0.15) is 13.2 Å². The summed E-state index contributed by atoms with van der Waals surface area (Å²) in [5.74, 6) is -2.00. The van der Waals surface area contributed by atoms with E-state index in [0.29, 0.717) is 0 Å². The molecule has 2 aliphatic heterocycles. The van der Waals surface area contributed by atoms with E-state index in [4.69, 9.17) is 16.3 Å². The summed E-state index contributed by atoms with van der Waals surface area (Å²) in [5.41, 5.74) is -3.44. The van der Waals surface area contributed by atoms with E-state index in [1.54, 1.807) is 0 Å². The smallest absolute Gasteiger partial charge is 0.378 e. The SMILES string of the molecule is O=C1c2nccnc2N(CC(F)F)S(=O)(=O)C1c1cc(Cl)cc(N2CCOCC2)c1C(F)(F)F. The molecule has 2 aliphatic rings. The largest absolute Gasteiger partial charge is 0.418 e.